The van der Waals surface area contributed by atoms with E-state index in [0.29, 0.717) is 6.04 Å². The molecule has 1 saturated heterocycles. The van der Waals surface area contributed by atoms with Crippen molar-refractivity contribution in [2.24, 2.45) is 5.41 Å². The average molecular weight is 366 g/mol. The average Bonchev–Trinajstić information content (AvgIpc) is 2.57. The molecule has 0 saturated carbocycles. The van der Waals surface area contributed by atoms with Gasteiger partial charge >= 0.3 is 5.97 Å². The first-order chi connectivity index (χ1) is 11.8. The lowest BCUT2D eigenvalue weighted by atomic mass is 9.98. The third kappa shape index (κ3) is 6.20. The van der Waals surface area contributed by atoms with Gasteiger partial charge in [-0.05, 0) is 76.6 Å². The van der Waals surface area contributed by atoms with E-state index in [1.54, 1.807) is 16.8 Å². The number of nitrogen functional groups attached to an aromatic ring is 1. The number of nitrogens with one attached hydrogen (secondary N) is 1. The highest BCUT2D eigenvalue weighted by Crippen LogP contribution is 2.22. The van der Waals surface area contributed by atoms with Gasteiger partial charge in [0.05, 0.1) is 5.41 Å². The summed E-state index contributed by atoms with van der Waals surface area (Å²) in [5.74, 6) is -0.164. The number of carbonyl (C=O) groups is 1. The van der Waals surface area contributed by atoms with Crippen LogP contribution >= 0.6 is 11.8 Å². The summed E-state index contributed by atoms with van der Waals surface area (Å²) >= 11 is 1.74. The molecule has 1 heterocycles. The fraction of sp³-hybridized carbons (Fsp3) is 0.632. The van der Waals surface area contributed by atoms with Gasteiger partial charge in [0, 0.05) is 29.7 Å². The minimum atomic E-state index is -0.458. The number of hydrogen-bond donors (Lipinski definition) is 2. The summed E-state index contributed by atoms with van der Waals surface area (Å²) in [5.41, 5.74) is 7.68. The van der Waals surface area contributed by atoms with Crippen LogP contribution < -0.4 is 11.1 Å². The van der Waals surface area contributed by atoms with Gasteiger partial charge in [0.2, 0.25) is 0 Å². The maximum absolute atomic E-state index is 11.9. The van der Waals surface area contributed by atoms with Gasteiger partial charge in [-0.1, -0.05) is 0 Å². The second-order valence-corrected chi connectivity index (χ2v) is 8.48. The van der Waals surface area contributed by atoms with Crippen LogP contribution in [0.15, 0.2) is 23.1 Å². The van der Waals surface area contributed by atoms with Crippen LogP contribution in [0.1, 0.15) is 39.2 Å². The van der Waals surface area contributed by atoms with Crippen LogP contribution in [0.4, 0.5) is 5.69 Å². The highest BCUT2D eigenvalue weighted by atomic mass is 32.2. The molecule has 0 aromatic heterocycles. The Hall–Kier alpha value is -1.24. The summed E-state index contributed by atoms with van der Waals surface area (Å²) in [4.78, 5) is 18.6. The van der Waals surface area contributed by atoms with Crippen molar-refractivity contribution in [1.82, 2.24) is 10.4 Å². The molecule has 2 rings (SSSR count). The standard InChI is InChI=1S/C19H31N3O2S/c1-19(2,3)18(23)24-22-11-8-15(9-12-22)21-10-7-14-13-16(25-4)5-6-17(14)20/h5-6,13,15,21H,7-12,20H2,1-4H3. The SMILES string of the molecule is CSc1ccc(N)c(CCNC2CCN(OC(=O)C(C)(C)C)CC2)c1. The number of benzene rings is 1. The predicted molar refractivity (Wildman–Crippen MR) is 104 cm³/mol. The summed E-state index contributed by atoms with van der Waals surface area (Å²) in [6.07, 6.45) is 4.97. The Bertz CT molecular complexity index is 579. The normalized spacial score (nSPS) is 16.8. The zero-order chi connectivity index (χ0) is 18.4. The number of nitrogens with two attached hydrogens (primary N) is 1. The van der Waals surface area contributed by atoms with Gasteiger partial charge in [0.15, 0.2) is 0 Å². The molecule has 6 heteroatoms. The summed E-state index contributed by atoms with van der Waals surface area (Å²) < 4.78 is 0. The molecular formula is C19H31N3O2S. The van der Waals surface area contributed by atoms with Gasteiger partial charge in [-0.3, -0.25) is 0 Å². The molecule has 1 aliphatic heterocycles. The second-order valence-electron chi connectivity index (χ2n) is 7.60. The van der Waals surface area contributed by atoms with Crippen molar-refractivity contribution in [2.45, 2.75) is 51.0 Å². The van der Waals surface area contributed by atoms with Gasteiger partial charge in [-0.25, -0.2) is 4.79 Å². The monoisotopic (exact) mass is 365 g/mol. The number of anilines is 1. The number of hydroxylamine groups is 2. The largest absolute Gasteiger partial charge is 0.399 e. The molecule has 1 aromatic rings. The van der Waals surface area contributed by atoms with Gasteiger partial charge in [0.25, 0.3) is 0 Å². The summed E-state index contributed by atoms with van der Waals surface area (Å²) in [7, 11) is 0. The van der Waals surface area contributed by atoms with Crippen molar-refractivity contribution in [2.75, 3.05) is 31.6 Å². The first-order valence-electron chi connectivity index (χ1n) is 8.92. The molecule has 3 N–H and O–H groups in total. The van der Waals surface area contributed by atoms with Gasteiger partial charge in [-0.2, -0.15) is 0 Å². The van der Waals surface area contributed by atoms with Crippen LogP contribution in [0.25, 0.3) is 0 Å². The Kier molecular flexibility index (Phi) is 7.16. The number of piperidine rings is 1. The van der Waals surface area contributed by atoms with E-state index in [2.05, 4.69) is 23.7 Å². The van der Waals surface area contributed by atoms with E-state index in [1.165, 1.54) is 10.5 Å². The maximum atomic E-state index is 11.9. The number of carbonyl (C=O) groups excluding carboxylic acids is 1. The smallest absolute Gasteiger partial charge is 0.330 e. The first-order valence-corrected chi connectivity index (χ1v) is 10.1. The Morgan fingerprint density at radius 1 is 1.36 bits per heavy atom. The lowest BCUT2D eigenvalue weighted by Crippen LogP contribution is -2.44. The van der Waals surface area contributed by atoms with Crippen LogP contribution in [-0.2, 0) is 16.1 Å². The van der Waals surface area contributed by atoms with Gasteiger partial charge in [-0.15, -0.1) is 16.8 Å². The maximum Gasteiger partial charge on any atom is 0.330 e. The molecule has 5 nitrogen and oxygen atoms in total. The number of nitrogens with zero attached hydrogens (tertiary/aromatic N) is 1. The van der Waals surface area contributed by atoms with E-state index in [4.69, 9.17) is 10.6 Å². The minimum Gasteiger partial charge on any atom is -0.399 e. The Balaban J connectivity index is 1.71. The summed E-state index contributed by atoms with van der Waals surface area (Å²) in [6, 6.07) is 6.69. The van der Waals surface area contributed by atoms with Crippen LogP contribution in [0, 0.1) is 5.41 Å². The van der Waals surface area contributed by atoms with E-state index in [-0.39, 0.29) is 5.97 Å². The zero-order valence-electron chi connectivity index (χ0n) is 15.8. The predicted octanol–water partition coefficient (Wildman–Crippen LogP) is 3.09. The molecule has 0 unspecified atom stereocenters. The highest BCUT2D eigenvalue weighted by Gasteiger charge is 2.28. The Morgan fingerprint density at radius 3 is 2.64 bits per heavy atom. The van der Waals surface area contributed by atoms with Crippen molar-refractivity contribution in [1.29, 1.82) is 0 Å². The zero-order valence-corrected chi connectivity index (χ0v) is 16.6. The Labute approximate surface area is 155 Å². The van der Waals surface area contributed by atoms with Gasteiger partial charge < -0.3 is 15.9 Å². The van der Waals surface area contributed by atoms with Crippen LogP contribution in [-0.4, -0.2) is 43.0 Å². The van der Waals surface area contributed by atoms with Crippen LogP contribution in [0.3, 0.4) is 0 Å². The Morgan fingerprint density at radius 2 is 2.04 bits per heavy atom. The number of rotatable bonds is 6. The molecule has 0 atom stereocenters. The molecule has 1 aliphatic rings. The molecule has 140 valence electrons. The van der Waals surface area contributed by atoms with Crippen LogP contribution in [0.5, 0.6) is 0 Å². The molecule has 1 aromatic carbocycles. The highest BCUT2D eigenvalue weighted by molar-refractivity contribution is 7.98. The summed E-state index contributed by atoms with van der Waals surface area (Å²) in [6.45, 7) is 8.10. The first kappa shape index (κ1) is 20.1. The quantitative estimate of drug-likeness (QED) is 0.596. The molecule has 0 bridgehead atoms. The molecule has 0 radical (unpaired) electrons. The van der Waals surface area contributed by atoms with E-state index < -0.39 is 5.41 Å². The fourth-order valence-electron chi connectivity index (χ4n) is 2.74. The molecule has 0 aliphatic carbocycles. The molecular weight excluding hydrogens is 334 g/mol. The van der Waals surface area contributed by atoms with Crippen molar-refractivity contribution >= 4 is 23.4 Å². The number of hydrogen-bond acceptors (Lipinski definition) is 6. The van der Waals surface area contributed by atoms with E-state index in [0.717, 1.165) is 44.6 Å². The second kappa shape index (κ2) is 8.92. The molecule has 25 heavy (non-hydrogen) atoms. The van der Waals surface area contributed by atoms with Gasteiger partial charge in [0.1, 0.15) is 0 Å². The topological polar surface area (TPSA) is 67.6 Å². The number of thioether (sulfide) groups is 1. The van der Waals surface area contributed by atoms with Crippen LogP contribution in [0.2, 0.25) is 0 Å². The van der Waals surface area contributed by atoms with Crippen molar-refractivity contribution in [3.05, 3.63) is 23.8 Å². The molecule has 1 fully saturated rings. The molecule has 0 spiro atoms. The van der Waals surface area contributed by atoms with E-state index in [1.807, 2.05) is 26.8 Å². The fourth-order valence-corrected chi connectivity index (χ4v) is 3.21. The third-order valence-corrected chi connectivity index (χ3v) is 5.18. The van der Waals surface area contributed by atoms with Crippen molar-refractivity contribution in [3.8, 4) is 0 Å². The van der Waals surface area contributed by atoms with Crippen molar-refractivity contribution < 1.29 is 9.63 Å². The minimum absolute atomic E-state index is 0.164. The summed E-state index contributed by atoms with van der Waals surface area (Å²) in [5, 5.41) is 5.41. The molecule has 0 amide bonds. The van der Waals surface area contributed by atoms with E-state index in [9.17, 15) is 4.79 Å². The van der Waals surface area contributed by atoms with Crippen molar-refractivity contribution in [3.63, 3.8) is 0 Å². The lowest BCUT2D eigenvalue weighted by molar-refractivity contribution is -0.204. The third-order valence-electron chi connectivity index (χ3n) is 4.46. The van der Waals surface area contributed by atoms with E-state index >= 15 is 0 Å². The lowest BCUT2D eigenvalue weighted by Gasteiger charge is -2.32.